The van der Waals surface area contributed by atoms with Gasteiger partial charge in [0, 0.05) is 29.2 Å². The lowest BCUT2D eigenvalue weighted by atomic mass is 9.34. The van der Waals surface area contributed by atoms with E-state index in [1.807, 2.05) is 26.8 Å². The number of aliphatic hydroxyl groups is 2. The lowest BCUT2D eigenvalue weighted by molar-refractivity contribution is -0.253. The quantitative estimate of drug-likeness (QED) is 0.491. The molecule has 180 valence electrons. The van der Waals surface area contributed by atoms with Crippen LogP contribution in [0.25, 0.3) is 0 Å². The second-order valence-corrected chi connectivity index (χ2v) is 12.5. The Balaban J connectivity index is 1.52. The van der Waals surface area contributed by atoms with Crippen LogP contribution < -0.4 is 0 Å². The van der Waals surface area contributed by atoms with E-state index in [1.165, 1.54) is 0 Å². The number of hydrogen-bond acceptors (Lipinski definition) is 7. The van der Waals surface area contributed by atoms with Gasteiger partial charge in [0.15, 0.2) is 6.10 Å². The highest BCUT2D eigenvalue weighted by molar-refractivity contribution is 5.93. The Kier molecular flexibility index (Phi) is 4.03. The molecule has 3 aliphatic carbocycles. The van der Waals surface area contributed by atoms with Gasteiger partial charge in [0.05, 0.1) is 30.1 Å². The third-order valence-electron chi connectivity index (χ3n) is 11.1. The summed E-state index contributed by atoms with van der Waals surface area (Å²) in [6.07, 6.45) is 2.36. The van der Waals surface area contributed by atoms with Gasteiger partial charge in [-0.2, -0.15) is 0 Å². The molecule has 1 aromatic rings. The molecule has 33 heavy (non-hydrogen) atoms. The largest absolute Gasteiger partial charge is 0.472 e. The minimum absolute atomic E-state index is 0.0680. The Hall–Kier alpha value is -1.70. The lowest BCUT2D eigenvalue weighted by Gasteiger charge is -2.69. The predicted molar refractivity (Wildman–Crippen MR) is 116 cm³/mol. The topological polar surface area (TPSA) is 110 Å². The third-order valence-corrected chi connectivity index (χ3v) is 11.1. The number of epoxide rings is 1. The molecular weight excluding hydrogens is 424 g/mol. The van der Waals surface area contributed by atoms with E-state index in [0.29, 0.717) is 12.8 Å². The summed E-state index contributed by atoms with van der Waals surface area (Å²) in [5, 5.41) is 22.2. The van der Waals surface area contributed by atoms with Crippen molar-refractivity contribution in [2.24, 2.45) is 33.5 Å². The highest BCUT2D eigenvalue weighted by Crippen LogP contribution is 2.79. The Bertz CT molecular complexity index is 1030. The average Bonchev–Trinajstić information content (AvgIpc) is 3.32. The van der Waals surface area contributed by atoms with Crippen LogP contribution in [0.4, 0.5) is 0 Å². The number of ketones is 1. The summed E-state index contributed by atoms with van der Waals surface area (Å²) in [7, 11) is 0. The molecule has 5 aliphatic rings. The van der Waals surface area contributed by atoms with Gasteiger partial charge in [-0.1, -0.05) is 27.7 Å². The van der Waals surface area contributed by atoms with Crippen LogP contribution in [0.1, 0.15) is 72.0 Å². The number of rotatable bonds is 1. The fourth-order valence-corrected chi connectivity index (χ4v) is 9.18. The van der Waals surface area contributed by atoms with Crippen molar-refractivity contribution in [1.82, 2.24) is 0 Å². The molecule has 0 amide bonds. The zero-order chi connectivity index (χ0) is 23.8. The van der Waals surface area contributed by atoms with Crippen molar-refractivity contribution in [2.45, 2.75) is 90.3 Å². The summed E-state index contributed by atoms with van der Waals surface area (Å²) in [5.41, 5.74) is -2.84. The fourth-order valence-electron chi connectivity index (χ4n) is 9.18. The predicted octanol–water partition coefficient (Wildman–Crippen LogP) is 3.18. The van der Waals surface area contributed by atoms with Crippen LogP contribution in [-0.4, -0.2) is 45.9 Å². The highest BCUT2D eigenvalue weighted by atomic mass is 16.7. The van der Waals surface area contributed by atoms with Crippen molar-refractivity contribution < 1.29 is 33.7 Å². The molecule has 2 saturated heterocycles. The molecule has 1 spiro atoms. The Labute approximate surface area is 193 Å². The van der Waals surface area contributed by atoms with Gasteiger partial charge in [-0.05, 0) is 43.1 Å². The van der Waals surface area contributed by atoms with Gasteiger partial charge in [0.2, 0.25) is 0 Å². The molecule has 2 aliphatic heterocycles. The number of fused-ring (bicyclic) bond motifs is 3. The number of ether oxygens (including phenoxy) is 2. The first-order chi connectivity index (χ1) is 15.4. The van der Waals surface area contributed by atoms with Crippen molar-refractivity contribution >= 4 is 11.8 Å². The maximum atomic E-state index is 14.2. The summed E-state index contributed by atoms with van der Waals surface area (Å²) < 4.78 is 17.5. The van der Waals surface area contributed by atoms with Crippen molar-refractivity contribution in [3.05, 3.63) is 24.2 Å². The molecule has 2 N–H and O–H groups in total. The summed E-state index contributed by atoms with van der Waals surface area (Å²) in [6.45, 7) is 10.2. The normalized spacial score (nSPS) is 54.4. The fraction of sp³-hybridized carbons (Fsp3) is 0.769. The summed E-state index contributed by atoms with van der Waals surface area (Å²) in [4.78, 5) is 27.2. The van der Waals surface area contributed by atoms with E-state index in [9.17, 15) is 19.8 Å². The first kappa shape index (κ1) is 21.8. The molecule has 0 aromatic carbocycles. The summed E-state index contributed by atoms with van der Waals surface area (Å²) >= 11 is 0. The molecule has 7 heteroatoms. The molecule has 3 saturated carbocycles. The number of carbonyl (C=O) groups is 2. The van der Waals surface area contributed by atoms with Gasteiger partial charge in [0.25, 0.3) is 0 Å². The number of esters is 1. The van der Waals surface area contributed by atoms with Crippen LogP contribution in [-0.2, 0) is 19.1 Å². The number of carbonyl (C=O) groups excluding carboxylic acids is 2. The van der Waals surface area contributed by atoms with Crippen LogP contribution in [0.3, 0.4) is 0 Å². The molecule has 0 unspecified atom stereocenters. The van der Waals surface area contributed by atoms with Crippen LogP contribution >= 0.6 is 0 Å². The third kappa shape index (κ3) is 2.15. The standard InChI is InChI=1S/C26H34O7/c1-22(2)15-10-18(29)25(5)14(24(15,4)17(28)11-16(22)27)6-8-23(3)19(13-7-9-31-12-13)32-21(30)20-26(23,25)33-20/h7,9,12,14-17,19-20,27-28H,6,8,10-11H2,1-5H3/t14-,15+,16-,17+,19+,20-,23+,24-,25+,26-/m1/s1. The Morgan fingerprint density at radius 1 is 1.00 bits per heavy atom. The van der Waals surface area contributed by atoms with Gasteiger partial charge in [-0.25, -0.2) is 4.79 Å². The molecule has 7 nitrogen and oxygen atoms in total. The van der Waals surface area contributed by atoms with Crippen LogP contribution in [0.2, 0.25) is 0 Å². The molecule has 6 rings (SSSR count). The maximum Gasteiger partial charge on any atom is 0.339 e. The molecule has 0 radical (unpaired) electrons. The molecule has 1 aromatic heterocycles. The Morgan fingerprint density at radius 3 is 2.39 bits per heavy atom. The minimum atomic E-state index is -0.981. The van der Waals surface area contributed by atoms with Crippen molar-refractivity contribution in [3.8, 4) is 0 Å². The van der Waals surface area contributed by atoms with Crippen LogP contribution in [0, 0.1) is 33.5 Å². The monoisotopic (exact) mass is 458 g/mol. The van der Waals surface area contributed by atoms with E-state index in [-0.39, 0.29) is 30.5 Å². The van der Waals surface area contributed by atoms with Gasteiger partial charge >= 0.3 is 5.97 Å². The zero-order valence-electron chi connectivity index (χ0n) is 20.0. The molecule has 0 bridgehead atoms. The molecular formula is C26H34O7. The van der Waals surface area contributed by atoms with E-state index < -0.39 is 57.6 Å². The molecule has 3 heterocycles. The first-order valence-electron chi connectivity index (χ1n) is 12.2. The molecule has 10 atom stereocenters. The Morgan fingerprint density at radius 2 is 1.73 bits per heavy atom. The van der Waals surface area contributed by atoms with Crippen molar-refractivity contribution in [3.63, 3.8) is 0 Å². The van der Waals surface area contributed by atoms with E-state index >= 15 is 0 Å². The number of Topliss-reactive ketones (excluding diaryl/α,β-unsaturated/α-hetero) is 1. The average molecular weight is 459 g/mol. The van der Waals surface area contributed by atoms with E-state index in [0.717, 1.165) is 5.56 Å². The zero-order valence-corrected chi connectivity index (χ0v) is 20.0. The van der Waals surface area contributed by atoms with E-state index in [2.05, 4.69) is 13.8 Å². The van der Waals surface area contributed by atoms with Crippen LogP contribution in [0.15, 0.2) is 23.0 Å². The molecule has 5 fully saturated rings. The number of aliphatic hydroxyl groups excluding tert-OH is 2. The van der Waals surface area contributed by atoms with Crippen molar-refractivity contribution in [2.75, 3.05) is 0 Å². The number of furan rings is 1. The second kappa shape index (κ2) is 6.10. The highest BCUT2D eigenvalue weighted by Gasteiger charge is 2.88. The van der Waals surface area contributed by atoms with Crippen molar-refractivity contribution in [1.29, 1.82) is 0 Å². The second-order valence-electron chi connectivity index (χ2n) is 12.5. The van der Waals surface area contributed by atoms with Gasteiger partial charge < -0.3 is 24.1 Å². The minimum Gasteiger partial charge on any atom is -0.472 e. The SMILES string of the molecule is CC1(C)[C@H](O)C[C@H](O)[C@]2(C)[C@H]3CC[C@@]4(C)[C@H](c5ccoc5)OC(=O)[C@H]5O[C@]54[C@]3(C)C(=O)C[C@@H]12. The number of cyclic esters (lactones) is 1. The smallest absolute Gasteiger partial charge is 0.339 e. The number of hydrogen-bond donors (Lipinski definition) is 2. The van der Waals surface area contributed by atoms with E-state index in [4.69, 9.17) is 13.9 Å². The van der Waals surface area contributed by atoms with Gasteiger partial charge in [0.1, 0.15) is 17.5 Å². The summed E-state index contributed by atoms with van der Waals surface area (Å²) in [5.74, 6) is -0.696. The van der Waals surface area contributed by atoms with Crippen LogP contribution in [0.5, 0.6) is 0 Å². The van der Waals surface area contributed by atoms with Gasteiger partial charge in [-0.3, -0.25) is 4.79 Å². The summed E-state index contributed by atoms with van der Waals surface area (Å²) in [6, 6.07) is 1.81. The lowest BCUT2D eigenvalue weighted by Crippen LogP contribution is -2.74. The van der Waals surface area contributed by atoms with E-state index in [1.54, 1.807) is 12.5 Å². The first-order valence-corrected chi connectivity index (χ1v) is 12.2. The maximum absolute atomic E-state index is 14.2. The van der Waals surface area contributed by atoms with Gasteiger partial charge in [-0.15, -0.1) is 0 Å².